The molecule has 4 nitrogen and oxygen atoms in total. The minimum Gasteiger partial charge on any atom is -0.361 e. The zero-order valence-electron chi connectivity index (χ0n) is 29.8. The molecule has 4 aromatic rings. The molecule has 5 rings (SSSR count). The van der Waals surface area contributed by atoms with Crippen LogP contribution in [0.2, 0.25) is 0 Å². The van der Waals surface area contributed by atoms with Crippen molar-refractivity contribution in [2.24, 2.45) is 23.7 Å². The molecule has 0 fully saturated rings. The van der Waals surface area contributed by atoms with Gasteiger partial charge in [-0.3, -0.25) is 0 Å². The van der Waals surface area contributed by atoms with Crippen LogP contribution in [0.1, 0.15) is 154 Å². The molecule has 0 radical (unpaired) electrons. The van der Waals surface area contributed by atoms with Crippen LogP contribution >= 0.6 is 0 Å². The smallest absolute Gasteiger partial charge is 0.0478 e. The second-order valence-corrected chi connectivity index (χ2v) is 16.9. The molecule has 0 saturated carbocycles. The Balaban J connectivity index is 1.82. The molecule has 0 aromatic carbocycles. The SMILES string of the molecule is CC(C)CC1(C)c2ccc([nH]2)C(C)(CC(C)C)c2ccc([nH]2)C(C)(CC(C)C)c2ccc([nH]2)C(C)(CC(C)C)c2ccc1[nH]2. The third kappa shape index (κ3) is 5.56. The Labute approximate surface area is 267 Å². The summed E-state index contributed by atoms with van der Waals surface area (Å²) in [5.41, 5.74) is 9.66. The first-order valence-electron chi connectivity index (χ1n) is 17.3. The van der Waals surface area contributed by atoms with E-state index >= 15 is 0 Å². The van der Waals surface area contributed by atoms with Crippen molar-refractivity contribution >= 4 is 0 Å². The summed E-state index contributed by atoms with van der Waals surface area (Å²) in [4.78, 5) is 16.2. The second-order valence-electron chi connectivity index (χ2n) is 16.9. The summed E-state index contributed by atoms with van der Waals surface area (Å²) in [6.45, 7) is 28.5. The molecule has 1 aliphatic rings. The van der Waals surface area contributed by atoms with Gasteiger partial charge < -0.3 is 19.9 Å². The molecule has 240 valence electrons. The summed E-state index contributed by atoms with van der Waals surface area (Å²) in [7, 11) is 0. The van der Waals surface area contributed by atoms with Crippen LogP contribution in [0.15, 0.2) is 48.5 Å². The van der Waals surface area contributed by atoms with Crippen LogP contribution in [-0.4, -0.2) is 19.9 Å². The number of aromatic nitrogens is 4. The van der Waals surface area contributed by atoms with E-state index in [1.54, 1.807) is 0 Å². The Hall–Kier alpha value is -2.88. The van der Waals surface area contributed by atoms with Gasteiger partial charge >= 0.3 is 0 Å². The molecule has 4 heteroatoms. The Morgan fingerprint density at radius 2 is 0.477 bits per heavy atom. The molecule has 0 aliphatic carbocycles. The Morgan fingerprint density at radius 1 is 0.341 bits per heavy atom. The fourth-order valence-corrected chi connectivity index (χ4v) is 8.88. The maximum atomic E-state index is 4.05. The summed E-state index contributed by atoms with van der Waals surface area (Å²) in [6.07, 6.45) is 4.23. The standard InChI is InChI=1S/C40H60N4/c1-25(2)21-37(9)29-13-15-31(41-29)38(10,22-26(3)4)33-17-19-35(43-33)40(12,24-28(7)8)36-20-18-34(44-36)39(11,23-27(5)6)32-16-14-30(37)42-32/h13-20,25-28,41-44H,21-24H2,1-12H3. The first-order chi connectivity index (χ1) is 20.5. The lowest BCUT2D eigenvalue weighted by molar-refractivity contribution is 0.384. The molecule has 4 aromatic heterocycles. The number of fused-ring (bicyclic) bond motifs is 8. The lowest BCUT2D eigenvalue weighted by Gasteiger charge is -2.35. The molecule has 0 atom stereocenters. The van der Waals surface area contributed by atoms with Gasteiger partial charge in [0.05, 0.1) is 0 Å². The van der Waals surface area contributed by atoms with Crippen molar-refractivity contribution in [1.82, 2.24) is 19.9 Å². The van der Waals surface area contributed by atoms with Crippen LogP contribution < -0.4 is 0 Å². The van der Waals surface area contributed by atoms with Gasteiger partial charge in [-0.2, -0.15) is 0 Å². The molecule has 0 amide bonds. The molecule has 5 heterocycles. The lowest BCUT2D eigenvalue weighted by Crippen LogP contribution is -2.32. The van der Waals surface area contributed by atoms with Crippen molar-refractivity contribution in [3.63, 3.8) is 0 Å². The van der Waals surface area contributed by atoms with Crippen molar-refractivity contribution in [2.45, 2.75) is 130 Å². The highest BCUT2D eigenvalue weighted by Gasteiger charge is 2.42. The minimum atomic E-state index is -0.170. The first kappa shape index (κ1) is 32.5. The van der Waals surface area contributed by atoms with E-state index in [9.17, 15) is 0 Å². The van der Waals surface area contributed by atoms with Gasteiger partial charge in [-0.05, 0) is 126 Å². The largest absolute Gasteiger partial charge is 0.361 e. The Morgan fingerprint density at radius 3 is 0.591 bits per heavy atom. The zero-order chi connectivity index (χ0) is 32.2. The highest BCUT2D eigenvalue weighted by Crippen LogP contribution is 2.46. The van der Waals surface area contributed by atoms with Crippen LogP contribution in [-0.2, 0) is 21.7 Å². The van der Waals surface area contributed by atoms with Crippen LogP contribution in [0, 0.1) is 23.7 Å². The third-order valence-corrected chi connectivity index (χ3v) is 10.8. The lowest BCUT2D eigenvalue weighted by atomic mass is 9.76. The van der Waals surface area contributed by atoms with Crippen LogP contribution in [0.4, 0.5) is 0 Å². The average Bonchev–Trinajstić information content (AvgIpc) is 3.73. The van der Waals surface area contributed by atoms with Gasteiger partial charge in [0, 0.05) is 67.2 Å². The van der Waals surface area contributed by atoms with Gasteiger partial charge in [-0.1, -0.05) is 55.4 Å². The third-order valence-electron chi connectivity index (χ3n) is 10.8. The van der Waals surface area contributed by atoms with Crippen LogP contribution in [0.5, 0.6) is 0 Å². The predicted molar refractivity (Wildman–Crippen MR) is 187 cm³/mol. The first-order valence-corrected chi connectivity index (χ1v) is 17.3. The number of aromatic amines is 4. The van der Waals surface area contributed by atoms with E-state index in [0.29, 0.717) is 23.7 Å². The molecule has 0 saturated heterocycles. The maximum absolute atomic E-state index is 4.05. The molecule has 0 spiro atoms. The van der Waals surface area contributed by atoms with Gasteiger partial charge in [-0.15, -0.1) is 0 Å². The highest BCUT2D eigenvalue weighted by molar-refractivity contribution is 5.44. The monoisotopic (exact) mass is 596 g/mol. The quantitative estimate of drug-likeness (QED) is 0.156. The highest BCUT2D eigenvalue weighted by atomic mass is 14.9. The summed E-state index contributed by atoms with van der Waals surface area (Å²) in [6, 6.07) is 18.9. The molecule has 8 bridgehead atoms. The van der Waals surface area contributed by atoms with Crippen LogP contribution in [0.3, 0.4) is 0 Å². The topological polar surface area (TPSA) is 63.2 Å². The summed E-state index contributed by atoms with van der Waals surface area (Å²) in [5, 5.41) is 0. The molecule has 0 unspecified atom stereocenters. The summed E-state index contributed by atoms with van der Waals surface area (Å²) in [5.74, 6) is 2.18. The van der Waals surface area contributed by atoms with Crippen molar-refractivity contribution < 1.29 is 0 Å². The number of nitrogens with one attached hydrogen (secondary N) is 4. The zero-order valence-corrected chi connectivity index (χ0v) is 29.8. The Kier molecular flexibility index (Phi) is 8.49. The van der Waals surface area contributed by atoms with Crippen molar-refractivity contribution in [3.05, 3.63) is 94.1 Å². The van der Waals surface area contributed by atoms with Gasteiger partial charge in [-0.25, -0.2) is 0 Å². The van der Waals surface area contributed by atoms with Gasteiger partial charge in [0.25, 0.3) is 0 Å². The fourth-order valence-electron chi connectivity index (χ4n) is 8.88. The molecular formula is C40H60N4. The minimum absolute atomic E-state index is 0.170. The molecular weight excluding hydrogens is 536 g/mol. The van der Waals surface area contributed by atoms with E-state index in [2.05, 4.69) is 152 Å². The predicted octanol–water partition coefficient (Wildman–Crippen LogP) is 10.7. The molecule has 44 heavy (non-hydrogen) atoms. The van der Waals surface area contributed by atoms with E-state index in [4.69, 9.17) is 0 Å². The van der Waals surface area contributed by atoms with E-state index < -0.39 is 0 Å². The number of rotatable bonds is 8. The average molecular weight is 597 g/mol. The number of hydrogen-bond acceptors (Lipinski definition) is 0. The van der Waals surface area contributed by atoms with Crippen molar-refractivity contribution in [2.75, 3.05) is 0 Å². The van der Waals surface area contributed by atoms with E-state index in [0.717, 1.165) is 25.7 Å². The van der Waals surface area contributed by atoms with Gasteiger partial charge in [0.15, 0.2) is 0 Å². The number of H-pyrrole nitrogens is 4. The summed E-state index contributed by atoms with van der Waals surface area (Å²) >= 11 is 0. The van der Waals surface area contributed by atoms with Gasteiger partial charge in [0.2, 0.25) is 0 Å². The molecule has 4 N–H and O–H groups in total. The van der Waals surface area contributed by atoms with Crippen LogP contribution in [0.25, 0.3) is 0 Å². The Bertz CT molecular complexity index is 1240. The van der Waals surface area contributed by atoms with E-state index in [1.165, 1.54) is 45.6 Å². The van der Waals surface area contributed by atoms with Crippen molar-refractivity contribution in [3.8, 4) is 0 Å². The maximum Gasteiger partial charge on any atom is 0.0478 e. The van der Waals surface area contributed by atoms with Crippen molar-refractivity contribution in [1.29, 1.82) is 0 Å². The van der Waals surface area contributed by atoms with Gasteiger partial charge in [0.1, 0.15) is 0 Å². The van der Waals surface area contributed by atoms with E-state index in [1.807, 2.05) is 0 Å². The second kappa shape index (κ2) is 11.5. The normalized spacial score (nSPS) is 27.3. The summed E-state index contributed by atoms with van der Waals surface area (Å²) < 4.78 is 0. The number of hydrogen-bond donors (Lipinski definition) is 4. The molecule has 1 aliphatic heterocycles. The fraction of sp³-hybridized carbons (Fsp3) is 0.600. The van der Waals surface area contributed by atoms with E-state index in [-0.39, 0.29) is 21.7 Å².